The molecule has 0 atom stereocenters. The summed E-state index contributed by atoms with van der Waals surface area (Å²) in [7, 11) is 0. The van der Waals surface area contributed by atoms with Gasteiger partial charge in [0.1, 0.15) is 5.69 Å². The summed E-state index contributed by atoms with van der Waals surface area (Å²) in [4.78, 5) is 22.2. The SMILES string of the molecule is Cc1[nH]nc(C(=O)Nc2cccc(C#N)c2)c1[N+](=O)[O-]. The van der Waals surface area contributed by atoms with Gasteiger partial charge in [-0.1, -0.05) is 6.07 Å². The number of aryl methyl sites for hydroxylation is 1. The lowest BCUT2D eigenvalue weighted by molar-refractivity contribution is -0.385. The normalized spacial score (nSPS) is 9.80. The number of carbonyl (C=O) groups excluding carboxylic acids is 1. The molecule has 0 aliphatic rings. The van der Waals surface area contributed by atoms with Gasteiger partial charge in [0.15, 0.2) is 0 Å². The van der Waals surface area contributed by atoms with Crippen LogP contribution in [0.15, 0.2) is 24.3 Å². The maximum Gasteiger partial charge on any atom is 0.322 e. The molecule has 2 aromatic rings. The van der Waals surface area contributed by atoms with Crippen molar-refractivity contribution < 1.29 is 9.72 Å². The lowest BCUT2D eigenvalue weighted by Crippen LogP contribution is -2.14. The first-order valence-corrected chi connectivity index (χ1v) is 5.54. The maximum atomic E-state index is 12.0. The average molecular weight is 271 g/mol. The molecule has 2 N–H and O–H groups in total. The molecule has 0 aliphatic heterocycles. The molecule has 2 rings (SSSR count). The van der Waals surface area contributed by atoms with Crippen LogP contribution in [-0.4, -0.2) is 21.0 Å². The number of carbonyl (C=O) groups is 1. The quantitative estimate of drug-likeness (QED) is 0.649. The second-order valence-corrected chi connectivity index (χ2v) is 3.95. The molecular formula is C12H9N5O3. The summed E-state index contributed by atoms with van der Waals surface area (Å²) >= 11 is 0. The van der Waals surface area contributed by atoms with Crippen LogP contribution in [0.5, 0.6) is 0 Å². The summed E-state index contributed by atoms with van der Waals surface area (Å²) in [5.74, 6) is -0.712. The number of H-pyrrole nitrogens is 1. The standard InChI is InChI=1S/C12H9N5O3/c1-7-11(17(19)20)10(16-15-7)12(18)14-9-4-2-3-8(5-9)6-13/h2-5H,1H3,(H,14,18)(H,15,16). The zero-order valence-electron chi connectivity index (χ0n) is 10.4. The number of nitrogens with one attached hydrogen (secondary N) is 2. The second kappa shape index (κ2) is 5.19. The Morgan fingerprint density at radius 3 is 2.95 bits per heavy atom. The number of amides is 1. The molecule has 1 amide bonds. The predicted octanol–water partition coefficient (Wildman–Crippen LogP) is 1.75. The highest BCUT2D eigenvalue weighted by Crippen LogP contribution is 2.21. The summed E-state index contributed by atoms with van der Waals surface area (Å²) in [6.07, 6.45) is 0. The smallest absolute Gasteiger partial charge is 0.320 e. The monoisotopic (exact) mass is 271 g/mol. The molecule has 100 valence electrons. The van der Waals surface area contributed by atoms with E-state index in [-0.39, 0.29) is 17.1 Å². The lowest BCUT2D eigenvalue weighted by atomic mass is 10.2. The van der Waals surface area contributed by atoms with Crippen LogP contribution in [0.4, 0.5) is 11.4 Å². The van der Waals surface area contributed by atoms with Crippen LogP contribution in [0.1, 0.15) is 21.7 Å². The number of nitriles is 1. The molecule has 0 fully saturated rings. The van der Waals surface area contributed by atoms with Gasteiger partial charge in [-0.25, -0.2) is 0 Å². The van der Waals surface area contributed by atoms with Gasteiger partial charge < -0.3 is 5.32 Å². The molecule has 0 spiro atoms. The third-order valence-electron chi connectivity index (χ3n) is 2.56. The Balaban J connectivity index is 2.29. The van der Waals surface area contributed by atoms with Gasteiger partial charge in [0, 0.05) is 5.69 Å². The summed E-state index contributed by atoms with van der Waals surface area (Å²) in [5, 5.41) is 28.1. The van der Waals surface area contributed by atoms with Crippen molar-refractivity contribution in [1.82, 2.24) is 10.2 Å². The fourth-order valence-corrected chi connectivity index (χ4v) is 1.66. The van der Waals surface area contributed by atoms with E-state index in [2.05, 4.69) is 15.5 Å². The summed E-state index contributed by atoms with van der Waals surface area (Å²) in [6, 6.07) is 8.14. The molecule has 8 heteroatoms. The van der Waals surface area contributed by atoms with Crippen molar-refractivity contribution in [2.75, 3.05) is 5.32 Å². The second-order valence-electron chi connectivity index (χ2n) is 3.95. The molecule has 0 bridgehead atoms. The zero-order valence-corrected chi connectivity index (χ0v) is 10.4. The largest absolute Gasteiger partial charge is 0.322 e. The molecule has 1 aromatic carbocycles. The molecule has 0 radical (unpaired) electrons. The number of nitro groups is 1. The minimum Gasteiger partial charge on any atom is -0.320 e. The van der Waals surface area contributed by atoms with Crippen LogP contribution in [0.25, 0.3) is 0 Å². The van der Waals surface area contributed by atoms with E-state index in [1.807, 2.05) is 6.07 Å². The fourth-order valence-electron chi connectivity index (χ4n) is 1.66. The van der Waals surface area contributed by atoms with E-state index in [0.29, 0.717) is 11.3 Å². The molecular weight excluding hydrogens is 262 g/mol. The molecule has 20 heavy (non-hydrogen) atoms. The van der Waals surface area contributed by atoms with Crippen LogP contribution in [0.3, 0.4) is 0 Å². The van der Waals surface area contributed by atoms with Crippen molar-refractivity contribution in [3.63, 3.8) is 0 Å². The molecule has 0 unspecified atom stereocenters. The number of rotatable bonds is 3. The van der Waals surface area contributed by atoms with Crippen molar-refractivity contribution in [2.24, 2.45) is 0 Å². The number of nitrogens with zero attached hydrogens (tertiary/aromatic N) is 3. The zero-order chi connectivity index (χ0) is 14.7. The first-order valence-electron chi connectivity index (χ1n) is 5.54. The van der Waals surface area contributed by atoms with E-state index in [4.69, 9.17) is 5.26 Å². The van der Waals surface area contributed by atoms with E-state index in [9.17, 15) is 14.9 Å². The van der Waals surface area contributed by atoms with Crippen LogP contribution in [-0.2, 0) is 0 Å². The molecule has 1 heterocycles. The van der Waals surface area contributed by atoms with Gasteiger partial charge in [-0.2, -0.15) is 10.4 Å². The Morgan fingerprint density at radius 2 is 2.30 bits per heavy atom. The topological polar surface area (TPSA) is 125 Å². The van der Waals surface area contributed by atoms with Gasteiger partial charge in [-0.15, -0.1) is 0 Å². The molecule has 1 aromatic heterocycles. The van der Waals surface area contributed by atoms with Gasteiger partial charge in [0.05, 0.1) is 16.6 Å². The Hall–Kier alpha value is -3.21. The van der Waals surface area contributed by atoms with Crippen LogP contribution in [0, 0.1) is 28.4 Å². The highest BCUT2D eigenvalue weighted by atomic mass is 16.6. The number of aromatic amines is 1. The Labute approximate surface area is 113 Å². The van der Waals surface area contributed by atoms with Gasteiger partial charge in [0.25, 0.3) is 5.91 Å². The van der Waals surface area contributed by atoms with Gasteiger partial charge in [-0.3, -0.25) is 20.0 Å². The maximum absolute atomic E-state index is 12.0. The number of benzene rings is 1. The molecule has 0 aliphatic carbocycles. The number of hydrogen-bond donors (Lipinski definition) is 2. The molecule has 8 nitrogen and oxygen atoms in total. The predicted molar refractivity (Wildman–Crippen MR) is 69.1 cm³/mol. The van der Waals surface area contributed by atoms with Crippen molar-refractivity contribution in [3.8, 4) is 6.07 Å². The first-order chi connectivity index (χ1) is 9.52. The van der Waals surface area contributed by atoms with Crippen molar-refractivity contribution in [1.29, 1.82) is 5.26 Å². The minimum absolute atomic E-state index is 0.200. The summed E-state index contributed by atoms with van der Waals surface area (Å²) in [5.41, 5.74) is 0.277. The van der Waals surface area contributed by atoms with E-state index in [1.54, 1.807) is 18.2 Å². The van der Waals surface area contributed by atoms with E-state index in [1.165, 1.54) is 13.0 Å². The molecule has 0 saturated carbocycles. The number of aromatic nitrogens is 2. The van der Waals surface area contributed by atoms with E-state index in [0.717, 1.165) is 0 Å². The van der Waals surface area contributed by atoms with Crippen molar-refractivity contribution >= 4 is 17.3 Å². The lowest BCUT2D eigenvalue weighted by Gasteiger charge is -2.03. The number of anilines is 1. The summed E-state index contributed by atoms with van der Waals surface area (Å²) in [6.45, 7) is 1.46. The van der Waals surface area contributed by atoms with Crippen LogP contribution < -0.4 is 5.32 Å². The Morgan fingerprint density at radius 1 is 1.55 bits per heavy atom. The third-order valence-corrected chi connectivity index (χ3v) is 2.56. The Bertz CT molecular complexity index is 729. The van der Waals surface area contributed by atoms with Crippen LogP contribution >= 0.6 is 0 Å². The Kier molecular flexibility index (Phi) is 3.43. The van der Waals surface area contributed by atoms with Crippen molar-refractivity contribution in [2.45, 2.75) is 6.92 Å². The average Bonchev–Trinajstić information content (AvgIpc) is 2.81. The summed E-state index contributed by atoms with van der Waals surface area (Å²) < 4.78 is 0. The van der Waals surface area contributed by atoms with E-state index < -0.39 is 10.8 Å². The van der Waals surface area contributed by atoms with Gasteiger partial charge >= 0.3 is 5.69 Å². The highest BCUT2D eigenvalue weighted by Gasteiger charge is 2.27. The minimum atomic E-state index is -0.712. The third kappa shape index (κ3) is 2.46. The number of hydrogen-bond acceptors (Lipinski definition) is 5. The van der Waals surface area contributed by atoms with Crippen LogP contribution in [0.2, 0.25) is 0 Å². The fraction of sp³-hybridized carbons (Fsp3) is 0.0833. The first kappa shape index (κ1) is 13.2. The molecule has 0 saturated heterocycles. The van der Waals surface area contributed by atoms with Gasteiger partial charge in [0.2, 0.25) is 5.69 Å². The van der Waals surface area contributed by atoms with Gasteiger partial charge in [-0.05, 0) is 25.1 Å². The van der Waals surface area contributed by atoms with Crippen molar-refractivity contribution in [3.05, 3.63) is 51.3 Å². The van der Waals surface area contributed by atoms with E-state index >= 15 is 0 Å². The highest BCUT2D eigenvalue weighted by molar-refractivity contribution is 6.05.